The molecular weight excluding hydrogens is 292 g/mol. The monoisotopic (exact) mass is 306 g/mol. The predicted octanol–water partition coefficient (Wildman–Crippen LogP) is -2.10. The molecule has 0 spiro atoms. The summed E-state index contributed by atoms with van der Waals surface area (Å²) < 4.78 is 0. The molecule has 8 heteroatoms. The number of likely N-dealkylation sites (tertiary alicyclic amines) is 2. The topological polar surface area (TPSA) is 115 Å². The molecule has 8 nitrogen and oxygen atoms in total. The van der Waals surface area contributed by atoms with Gasteiger partial charge >= 0.3 is 0 Å². The number of allylic oxidation sites excluding steroid dienone is 2. The van der Waals surface area contributed by atoms with Crippen LogP contribution >= 0.6 is 0 Å². The van der Waals surface area contributed by atoms with Gasteiger partial charge in [0, 0.05) is 11.8 Å². The van der Waals surface area contributed by atoms with Crippen LogP contribution in [0.3, 0.4) is 0 Å². The van der Waals surface area contributed by atoms with Crippen LogP contribution in [0.25, 0.3) is 0 Å². The van der Waals surface area contributed by atoms with E-state index in [0.29, 0.717) is 0 Å². The Morgan fingerprint density at radius 3 is 1.18 bits per heavy atom. The third kappa shape index (κ3) is 1.30. The first-order valence-corrected chi connectivity index (χ1v) is 7.13. The van der Waals surface area contributed by atoms with E-state index >= 15 is 0 Å². The average molecular weight is 306 g/mol. The zero-order valence-corrected chi connectivity index (χ0v) is 11.5. The SMILES string of the molecule is O=C1[C@@H]2C3C=CC([C@H]2C(=O)N1CO)[C@@H]1C(=O)N(CO)C(=O)[C@H]31. The zero-order chi connectivity index (χ0) is 15.8. The Balaban J connectivity index is 1.81. The number of carbonyl (C=O) groups excluding carboxylic acids is 4. The Bertz CT molecular complexity index is 545. The second kappa shape index (κ2) is 4.23. The van der Waals surface area contributed by atoms with Gasteiger partial charge in [-0.05, 0) is 0 Å². The van der Waals surface area contributed by atoms with E-state index in [2.05, 4.69) is 0 Å². The third-order valence-corrected chi connectivity index (χ3v) is 5.48. The number of aliphatic hydroxyl groups is 2. The lowest BCUT2D eigenvalue weighted by molar-refractivity contribution is -0.144. The molecule has 2 unspecified atom stereocenters. The van der Waals surface area contributed by atoms with Crippen molar-refractivity contribution in [3.63, 3.8) is 0 Å². The average Bonchev–Trinajstić information content (AvgIpc) is 2.94. The van der Waals surface area contributed by atoms with Crippen molar-refractivity contribution in [2.45, 2.75) is 0 Å². The zero-order valence-electron chi connectivity index (χ0n) is 11.5. The van der Waals surface area contributed by atoms with Gasteiger partial charge in [-0.1, -0.05) is 12.2 Å². The minimum absolute atomic E-state index is 0.488. The van der Waals surface area contributed by atoms with E-state index in [0.717, 1.165) is 9.80 Å². The molecule has 0 radical (unpaired) electrons. The summed E-state index contributed by atoms with van der Waals surface area (Å²) in [5, 5.41) is 18.4. The van der Waals surface area contributed by atoms with Gasteiger partial charge in [0.05, 0.1) is 23.7 Å². The summed E-state index contributed by atoms with van der Waals surface area (Å²) >= 11 is 0. The highest BCUT2D eigenvalue weighted by molar-refractivity contribution is 6.10. The van der Waals surface area contributed by atoms with E-state index in [1.54, 1.807) is 12.2 Å². The van der Waals surface area contributed by atoms with E-state index in [1.807, 2.05) is 0 Å². The largest absolute Gasteiger partial charge is 0.376 e. The maximum Gasteiger partial charge on any atom is 0.235 e. The maximum atomic E-state index is 12.4. The molecule has 2 saturated heterocycles. The molecule has 22 heavy (non-hydrogen) atoms. The molecule has 6 atom stereocenters. The van der Waals surface area contributed by atoms with Crippen molar-refractivity contribution in [2.24, 2.45) is 35.5 Å². The smallest absolute Gasteiger partial charge is 0.235 e. The fraction of sp³-hybridized carbons (Fsp3) is 0.571. The van der Waals surface area contributed by atoms with Crippen LogP contribution < -0.4 is 0 Å². The molecule has 3 aliphatic carbocycles. The van der Waals surface area contributed by atoms with Gasteiger partial charge in [0.15, 0.2) is 0 Å². The van der Waals surface area contributed by atoms with Crippen LogP contribution in [0.1, 0.15) is 0 Å². The highest BCUT2D eigenvalue weighted by atomic mass is 16.3. The minimum atomic E-state index is -0.703. The molecule has 1 saturated carbocycles. The number of imide groups is 2. The second-order valence-electron chi connectivity index (χ2n) is 6.13. The lowest BCUT2D eigenvalue weighted by atomic mass is 9.54. The standard InChI is InChI=1S/C14H14N2O6/c17-3-15-11(19)7-5-1-2-6(9(7)13(15)21)10-8(5)12(20)16(4-18)14(10)22/h1-2,5-10,17-18H,3-4H2/t5?,6?,7-,8-,9-,10+/m1/s1. The molecule has 5 rings (SSSR count). The highest BCUT2D eigenvalue weighted by Crippen LogP contribution is 2.57. The second-order valence-corrected chi connectivity index (χ2v) is 6.13. The van der Waals surface area contributed by atoms with Crippen LogP contribution in [-0.4, -0.2) is 57.1 Å². The third-order valence-electron chi connectivity index (χ3n) is 5.48. The van der Waals surface area contributed by atoms with Gasteiger partial charge in [0.1, 0.15) is 13.5 Å². The predicted molar refractivity (Wildman–Crippen MR) is 68.0 cm³/mol. The summed E-state index contributed by atoms with van der Waals surface area (Å²) in [6.45, 7) is -1.38. The maximum absolute atomic E-state index is 12.4. The molecular formula is C14H14N2O6. The Kier molecular flexibility index (Phi) is 2.62. The first kappa shape index (κ1) is 13.6. The van der Waals surface area contributed by atoms with Gasteiger partial charge in [-0.2, -0.15) is 0 Å². The summed E-state index contributed by atoms with van der Waals surface area (Å²) in [6, 6.07) is 0. The molecule has 2 N–H and O–H groups in total. The number of amides is 4. The first-order valence-electron chi connectivity index (χ1n) is 7.13. The van der Waals surface area contributed by atoms with Crippen molar-refractivity contribution in [3.05, 3.63) is 12.2 Å². The number of carbonyl (C=O) groups is 4. The van der Waals surface area contributed by atoms with Crippen LogP contribution in [0.4, 0.5) is 0 Å². The van der Waals surface area contributed by atoms with Crippen molar-refractivity contribution >= 4 is 23.6 Å². The van der Waals surface area contributed by atoms with Crippen LogP contribution in [-0.2, 0) is 19.2 Å². The number of aliphatic hydroxyl groups excluding tert-OH is 2. The van der Waals surface area contributed by atoms with E-state index in [4.69, 9.17) is 0 Å². The number of hydrogen-bond acceptors (Lipinski definition) is 6. The van der Waals surface area contributed by atoms with Gasteiger partial charge in [0.25, 0.3) is 0 Å². The molecule has 2 heterocycles. The van der Waals surface area contributed by atoms with Crippen molar-refractivity contribution in [3.8, 4) is 0 Å². The summed E-state index contributed by atoms with van der Waals surface area (Å²) in [4.78, 5) is 51.0. The van der Waals surface area contributed by atoms with Crippen LogP contribution in [0.5, 0.6) is 0 Å². The van der Waals surface area contributed by atoms with Gasteiger partial charge in [-0.3, -0.25) is 29.0 Å². The van der Waals surface area contributed by atoms with E-state index in [-0.39, 0.29) is 0 Å². The molecule has 116 valence electrons. The Morgan fingerprint density at radius 1 is 0.682 bits per heavy atom. The van der Waals surface area contributed by atoms with Crippen molar-refractivity contribution in [1.29, 1.82) is 0 Å². The Morgan fingerprint density at radius 2 is 0.955 bits per heavy atom. The van der Waals surface area contributed by atoms with E-state index in [1.165, 1.54) is 0 Å². The Labute approximate surface area is 125 Å². The van der Waals surface area contributed by atoms with Crippen molar-refractivity contribution < 1.29 is 29.4 Å². The molecule has 5 aliphatic rings. The Hall–Kier alpha value is -2.06. The van der Waals surface area contributed by atoms with E-state index < -0.39 is 72.6 Å². The van der Waals surface area contributed by atoms with Crippen LogP contribution in [0.2, 0.25) is 0 Å². The first-order chi connectivity index (χ1) is 10.5. The summed E-state index contributed by atoms with van der Waals surface area (Å²) in [7, 11) is 0. The molecule has 2 aliphatic heterocycles. The van der Waals surface area contributed by atoms with Crippen LogP contribution in [0.15, 0.2) is 12.2 Å². The molecule has 0 aromatic carbocycles. The quantitative estimate of drug-likeness (QED) is 0.446. The van der Waals surface area contributed by atoms with Crippen molar-refractivity contribution in [1.82, 2.24) is 9.80 Å². The minimum Gasteiger partial charge on any atom is -0.376 e. The fourth-order valence-corrected chi connectivity index (χ4v) is 4.63. The number of rotatable bonds is 2. The molecule has 0 aromatic rings. The van der Waals surface area contributed by atoms with Gasteiger partial charge in [-0.25, -0.2) is 0 Å². The molecule has 3 fully saturated rings. The number of nitrogens with zero attached hydrogens (tertiary/aromatic N) is 2. The van der Waals surface area contributed by atoms with Gasteiger partial charge in [-0.15, -0.1) is 0 Å². The molecule has 4 amide bonds. The van der Waals surface area contributed by atoms with Gasteiger partial charge < -0.3 is 10.2 Å². The fourth-order valence-electron chi connectivity index (χ4n) is 4.63. The van der Waals surface area contributed by atoms with Crippen LogP contribution in [0, 0.1) is 35.5 Å². The lowest BCUT2D eigenvalue weighted by Crippen LogP contribution is -2.50. The van der Waals surface area contributed by atoms with Crippen molar-refractivity contribution in [2.75, 3.05) is 13.5 Å². The van der Waals surface area contributed by atoms with Gasteiger partial charge in [0.2, 0.25) is 23.6 Å². The number of hydrogen-bond donors (Lipinski definition) is 2. The molecule has 0 aromatic heterocycles. The highest BCUT2D eigenvalue weighted by Gasteiger charge is 2.68. The lowest BCUT2D eigenvalue weighted by Gasteiger charge is -2.44. The summed E-state index contributed by atoms with van der Waals surface area (Å²) in [5.41, 5.74) is 0. The van der Waals surface area contributed by atoms with E-state index in [9.17, 15) is 29.4 Å². The summed E-state index contributed by atoms with van der Waals surface area (Å²) in [6.07, 6.45) is 3.45. The molecule has 2 bridgehead atoms. The summed E-state index contributed by atoms with van der Waals surface area (Å²) in [5.74, 6) is -5.84. The normalized spacial score (nSPS) is 42.5.